The predicted octanol–water partition coefficient (Wildman–Crippen LogP) is 4.86. The van der Waals surface area contributed by atoms with E-state index in [2.05, 4.69) is 0 Å². The van der Waals surface area contributed by atoms with Crippen LogP contribution < -0.4 is 4.74 Å². The largest absolute Gasteiger partial charge is 0.494 e. The van der Waals surface area contributed by atoms with E-state index in [4.69, 9.17) is 40.0 Å². The minimum atomic E-state index is -1.26. The third kappa shape index (κ3) is 9.36. The molecule has 238 valence electrons. The number of rotatable bonds is 12. The second kappa shape index (κ2) is 15.6. The Hall–Kier alpha value is -3.28. The van der Waals surface area contributed by atoms with Crippen molar-refractivity contribution in [2.45, 2.75) is 71.1 Å². The highest BCUT2D eigenvalue weighted by atomic mass is 35.5. The van der Waals surface area contributed by atoms with E-state index in [0.29, 0.717) is 23.6 Å². The molecule has 0 radical (unpaired) electrons. The van der Waals surface area contributed by atoms with E-state index in [1.165, 1.54) is 39.2 Å². The van der Waals surface area contributed by atoms with Crippen molar-refractivity contribution in [2.24, 2.45) is 5.92 Å². The van der Waals surface area contributed by atoms with Gasteiger partial charge in [-0.3, -0.25) is 19.2 Å². The third-order valence-electron chi connectivity index (χ3n) is 7.21. The maximum atomic E-state index is 12.2. The van der Waals surface area contributed by atoms with Crippen molar-refractivity contribution in [3.8, 4) is 5.75 Å². The molecule has 0 N–H and O–H groups in total. The van der Waals surface area contributed by atoms with Crippen LogP contribution in [-0.4, -0.2) is 73.0 Å². The maximum Gasteiger partial charge on any atom is 0.303 e. The van der Waals surface area contributed by atoms with Gasteiger partial charge in [0.15, 0.2) is 18.3 Å². The summed E-state index contributed by atoms with van der Waals surface area (Å²) in [5.74, 6) is 1.34. The highest BCUT2D eigenvalue weighted by Gasteiger charge is 2.52. The van der Waals surface area contributed by atoms with Gasteiger partial charge in [0.2, 0.25) is 0 Å². The highest BCUT2D eigenvalue weighted by Crippen LogP contribution is 2.39. The lowest BCUT2D eigenvalue weighted by Gasteiger charge is -2.44. The van der Waals surface area contributed by atoms with Crippen molar-refractivity contribution < 1.29 is 47.6 Å². The Balaban J connectivity index is 1.60. The molecule has 0 aromatic heterocycles. The molecule has 5 atom stereocenters. The average Bonchev–Trinajstić information content (AvgIpc) is 2.92. The number of carbonyl (C=O) groups excluding carboxylic acids is 4. The molecule has 44 heavy (non-hydrogen) atoms. The van der Waals surface area contributed by atoms with E-state index in [1.807, 2.05) is 42.1 Å². The molecule has 0 amide bonds. The van der Waals surface area contributed by atoms with Gasteiger partial charge in [0, 0.05) is 32.7 Å². The zero-order chi connectivity index (χ0) is 31.8. The van der Waals surface area contributed by atoms with Gasteiger partial charge in [-0.05, 0) is 65.2 Å². The van der Waals surface area contributed by atoms with E-state index in [-0.39, 0.29) is 6.61 Å². The van der Waals surface area contributed by atoms with Gasteiger partial charge in [-0.2, -0.15) is 11.8 Å². The summed E-state index contributed by atoms with van der Waals surface area (Å²) < 4.78 is 34.1. The second-order valence-electron chi connectivity index (χ2n) is 10.8. The fraction of sp³-hybridized carbons (Fsp3) is 0.500. The van der Waals surface area contributed by atoms with Crippen molar-refractivity contribution in [3.63, 3.8) is 0 Å². The van der Waals surface area contributed by atoms with Gasteiger partial charge in [-0.15, -0.1) is 0 Å². The smallest absolute Gasteiger partial charge is 0.303 e. The molecule has 10 nitrogen and oxygen atoms in total. The van der Waals surface area contributed by atoms with Gasteiger partial charge < -0.3 is 28.4 Å². The Morgan fingerprint density at radius 3 is 2.07 bits per heavy atom. The van der Waals surface area contributed by atoms with Crippen LogP contribution in [0.15, 0.2) is 42.5 Å². The Labute approximate surface area is 266 Å². The molecule has 0 spiro atoms. The summed E-state index contributed by atoms with van der Waals surface area (Å²) in [5, 5.41) is 0.512. The monoisotopic (exact) mass is 648 g/mol. The summed E-state index contributed by atoms with van der Waals surface area (Å²) in [6.45, 7) is 5.19. The number of hydrogen-bond donors (Lipinski definition) is 0. The van der Waals surface area contributed by atoms with Crippen molar-refractivity contribution in [3.05, 3.63) is 64.2 Å². The van der Waals surface area contributed by atoms with Crippen molar-refractivity contribution in [1.29, 1.82) is 0 Å². The molecular formula is C32H37ClO10S. The van der Waals surface area contributed by atoms with Crippen LogP contribution in [0.3, 0.4) is 0 Å². The van der Waals surface area contributed by atoms with Crippen LogP contribution in [0, 0.1) is 5.92 Å². The lowest BCUT2D eigenvalue weighted by molar-refractivity contribution is -0.254. The fourth-order valence-corrected chi connectivity index (χ4v) is 6.21. The van der Waals surface area contributed by atoms with Gasteiger partial charge in [-0.1, -0.05) is 35.9 Å². The number of esters is 4. The van der Waals surface area contributed by atoms with E-state index in [9.17, 15) is 19.2 Å². The van der Waals surface area contributed by atoms with Crippen LogP contribution in [0.1, 0.15) is 56.9 Å². The van der Waals surface area contributed by atoms with Crippen molar-refractivity contribution in [1.82, 2.24) is 0 Å². The number of carbonyl (C=O) groups is 4. The van der Waals surface area contributed by atoms with E-state index in [0.717, 1.165) is 29.2 Å². The van der Waals surface area contributed by atoms with Crippen LogP contribution in [0.25, 0.3) is 0 Å². The standard InChI is InChI=1S/C32H37ClO10S/c1-18(34)39-15-28-30(40-19(2)35)32(42-21(4)37)31(41-20(3)36)29(43-28)24-7-10-27(33)25(14-24)13-22-5-8-26(9-6-22)38-12-11-23-16-44-17-23/h5-10,14,23,28-32H,11-13,15-17H2,1-4H3/t28-,29+,30-,31+,32+/m1/s1. The zero-order valence-electron chi connectivity index (χ0n) is 25.1. The van der Waals surface area contributed by atoms with Crippen LogP contribution in [-0.2, 0) is 49.3 Å². The Bertz CT molecular complexity index is 1330. The van der Waals surface area contributed by atoms with Gasteiger partial charge in [0.25, 0.3) is 0 Å². The molecule has 2 aromatic rings. The first-order valence-corrected chi connectivity index (χ1v) is 15.9. The Morgan fingerprint density at radius 2 is 1.48 bits per heavy atom. The number of thioether (sulfide) groups is 1. The summed E-state index contributed by atoms with van der Waals surface area (Å²) in [5.41, 5.74) is 2.33. The maximum absolute atomic E-state index is 12.2. The third-order valence-corrected chi connectivity index (χ3v) is 8.99. The number of halogens is 1. The van der Waals surface area contributed by atoms with Crippen LogP contribution in [0.4, 0.5) is 0 Å². The zero-order valence-corrected chi connectivity index (χ0v) is 26.7. The molecule has 12 heteroatoms. The molecule has 2 heterocycles. The van der Waals surface area contributed by atoms with E-state index in [1.54, 1.807) is 12.1 Å². The first-order valence-electron chi connectivity index (χ1n) is 14.4. The number of benzene rings is 2. The summed E-state index contributed by atoms with van der Waals surface area (Å²) in [6, 6.07) is 13.1. The van der Waals surface area contributed by atoms with E-state index >= 15 is 0 Å². The van der Waals surface area contributed by atoms with Crippen LogP contribution in [0.2, 0.25) is 5.02 Å². The quantitative estimate of drug-likeness (QED) is 0.231. The van der Waals surface area contributed by atoms with Gasteiger partial charge >= 0.3 is 23.9 Å². The second-order valence-corrected chi connectivity index (χ2v) is 12.3. The van der Waals surface area contributed by atoms with Crippen molar-refractivity contribution >= 4 is 47.2 Å². The first kappa shape index (κ1) is 33.6. The molecule has 2 aliphatic rings. The molecule has 2 saturated heterocycles. The number of hydrogen-bond acceptors (Lipinski definition) is 11. The highest BCUT2D eigenvalue weighted by molar-refractivity contribution is 8.00. The minimum Gasteiger partial charge on any atom is -0.494 e. The summed E-state index contributed by atoms with van der Waals surface area (Å²) in [7, 11) is 0. The molecule has 0 saturated carbocycles. The molecule has 0 unspecified atom stereocenters. The SMILES string of the molecule is CC(=O)OC[C@H]1O[C@@H](c2ccc(Cl)c(Cc3ccc(OCCC4CSC4)cc3)c2)[C@H](OC(C)=O)[C@@H](OC(C)=O)[C@@H]1OC(C)=O. The lowest BCUT2D eigenvalue weighted by atomic mass is 9.89. The molecule has 4 rings (SSSR count). The first-order chi connectivity index (χ1) is 21.0. The summed E-state index contributed by atoms with van der Waals surface area (Å²) in [4.78, 5) is 48.1. The van der Waals surface area contributed by atoms with Crippen LogP contribution >= 0.6 is 23.4 Å². The van der Waals surface area contributed by atoms with Crippen LogP contribution in [0.5, 0.6) is 5.75 Å². The predicted molar refractivity (Wildman–Crippen MR) is 163 cm³/mol. The average molecular weight is 649 g/mol. The molecule has 2 fully saturated rings. The minimum absolute atomic E-state index is 0.303. The molecule has 0 aliphatic carbocycles. The topological polar surface area (TPSA) is 124 Å². The lowest BCUT2D eigenvalue weighted by Crippen LogP contribution is -2.59. The van der Waals surface area contributed by atoms with Crippen molar-refractivity contribution in [2.75, 3.05) is 24.7 Å². The fourth-order valence-electron chi connectivity index (χ4n) is 5.12. The molecule has 0 bridgehead atoms. The van der Waals surface area contributed by atoms with Gasteiger partial charge in [0.05, 0.1) is 6.61 Å². The molecule has 2 aromatic carbocycles. The summed E-state index contributed by atoms with van der Waals surface area (Å²) in [6.07, 6.45) is -4.17. The molecule has 2 aliphatic heterocycles. The van der Waals surface area contributed by atoms with Gasteiger partial charge in [-0.25, -0.2) is 0 Å². The summed E-state index contributed by atoms with van der Waals surface area (Å²) >= 11 is 8.57. The number of ether oxygens (including phenoxy) is 6. The molecular weight excluding hydrogens is 612 g/mol. The van der Waals surface area contributed by atoms with E-state index < -0.39 is 54.4 Å². The Morgan fingerprint density at radius 1 is 0.841 bits per heavy atom. The van der Waals surface area contributed by atoms with Gasteiger partial charge in [0.1, 0.15) is 24.6 Å². The Kier molecular flexibility index (Phi) is 11.9. The normalized spacial score (nSPS) is 23.2.